The number of aliphatic hydroxyl groups excluding tert-OH is 1. The van der Waals surface area contributed by atoms with Gasteiger partial charge in [-0.3, -0.25) is 9.36 Å². The van der Waals surface area contributed by atoms with E-state index in [9.17, 15) is 19.8 Å². The van der Waals surface area contributed by atoms with Crippen molar-refractivity contribution in [3.63, 3.8) is 0 Å². The minimum atomic E-state index is -1.30. The van der Waals surface area contributed by atoms with Crippen LogP contribution in [-0.2, 0) is 0 Å². The molecule has 0 aromatic carbocycles. The summed E-state index contributed by atoms with van der Waals surface area (Å²) in [5.74, 6) is -0.692. The number of β-amino-alcohol motifs (C(OH)–C–C–N with tert-alkyl or cyclic N) is 1. The van der Waals surface area contributed by atoms with E-state index in [1.54, 1.807) is 30.8 Å². The van der Waals surface area contributed by atoms with Crippen molar-refractivity contribution in [2.75, 3.05) is 25.0 Å². The summed E-state index contributed by atoms with van der Waals surface area (Å²) < 4.78 is 1.52. The second-order valence-corrected chi connectivity index (χ2v) is 7.14. The number of hydrogen-bond acceptors (Lipinski definition) is 8. The number of pyridine rings is 2. The molecule has 140 valence electrons. The number of thiazole rings is 1. The summed E-state index contributed by atoms with van der Waals surface area (Å²) in [6.07, 6.45) is 2.34. The Morgan fingerprint density at radius 2 is 2.19 bits per heavy atom. The van der Waals surface area contributed by atoms with E-state index in [0.717, 1.165) is 0 Å². The lowest BCUT2D eigenvalue weighted by Crippen LogP contribution is -2.36. The van der Waals surface area contributed by atoms with Gasteiger partial charge in [-0.25, -0.2) is 14.8 Å². The van der Waals surface area contributed by atoms with Crippen molar-refractivity contribution in [3.8, 4) is 5.13 Å². The summed E-state index contributed by atoms with van der Waals surface area (Å²) in [6.45, 7) is 0.990. The van der Waals surface area contributed by atoms with Gasteiger partial charge in [-0.2, -0.15) is 0 Å². The predicted molar refractivity (Wildman–Crippen MR) is 101 cm³/mol. The first-order valence-corrected chi connectivity index (χ1v) is 9.17. The smallest absolute Gasteiger partial charge is 0.341 e. The third kappa shape index (κ3) is 2.97. The van der Waals surface area contributed by atoms with Crippen molar-refractivity contribution in [1.82, 2.24) is 19.9 Å². The van der Waals surface area contributed by atoms with Crippen molar-refractivity contribution in [2.45, 2.75) is 12.1 Å². The minimum Gasteiger partial charge on any atom is -0.477 e. The van der Waals surface area contributed by atoms with Gasteiger partial charge in [0.25, 0.3) is 0 Å². The summed E-state index contributed by atoms with van der Waals surface area (Å²) in [5.41, 5.74) is -0.585. The molecular weight excluding hydrogens is 370 g/mol. The van der Waals surface area contributed by atoms with Crippen molar-refractivity contribution >= 4 is 34.2 Å². The molecule has 1 aliphatic rings. The standard InChI is InChI=1S/C17H17N5O4S/c1-18-11-7-21(8-12(11)23)13-3-2-9-14(24)10(16(25)26)6-22(15(9)20-13)17-19-4-5-27-17/h2-6,11-12,18,23H,7-8H2,1H3,(H,25,26). The second kappa shape index (κ2) is 6.72. The molecule has 1 fully saturated rings. The summed E-state index contributed by atoms with van der Waals surface area (Å²) >= 11 is 1.31. The van der Waals surface area contributed by atoms with E-state index in [1.165, 1.54) is 22.1 Å². The molecule has 3 aromatic heterocycles. The van der Waals surface area contributed by atoms with E-state index in [2.05, 4.69) is 15.3 Å². The molecule has 3 aromatic rings. The zero-order valence-electron chi connectivity index (χ0n) is 14.4. The number of nitrogens with one attached hydrogen (secondary N) is 1. The maximum atomic E-state index is 12.6. The lowest BCUT2D eigenvalue weighted by atomic mass is 10.2. The molecule has 10 heteroatoms. The van der Waals surface area contributed by atoms with Gasteiger partial charge in [-0.05, 0) is 19.2 Å². The monoisotopic (exact) mass is 387 g/mol. The summed E-state index contributed by atoms with van der Waals surface area (Å²) in [5, 5.41) is 25.0. The lowest BCUT2D eigenvalue weighted by Gasteiger charge is -2.18. The maximum Gasteiger partial charge on any atom is 0.341 e. The molecule has 3 N–H and O–H groups in total. The average Bonchev–Trinajstić information content (AvgIpc) is 3.31. The summed E-state index contributed by atoms with van der Waals surface area (Å²) in [7, 11) is 1.79. The van der Waals surface area contributed by atoms with Crippen LogP contribution in [0.4, 0.5) is 5.82 Å². The van der Waals surface area contributed by atoms with Crippen molar-refractivity contribution in [2.24, 2.45) is 0 Å². The van der Waals surface area contributed by atoms with Crippen LogP contribution in [0.3, 0.4) is 0 Å². The molecule has 0 aliphatic carbocycles. The number of fused-ring (bicyclic) bond motifs is 1. The quantitative estimate of drug-likeness (QED) is 0.585. The summed E-state index contributed by atoms with van der Waals surface area (Å²) in [6, 6.07) is 3.18. The molecule has 0 saturated carbocycles. The van der Waals surface area contributed by atoms with Crippen molar-refractivity contribution in [1.29, 1.82) is 0 Å². The van der Waals surface area contributed by atoms with E-state index >= 15 is 0 Å². The minimum absolute atomic E-state index is 0.0713. The van der Waals surface area contributed by atoms with Crippen LogP contribution in [-0.4, -0.2) is 63.0 Å². The van der Waals surface area contributed by atoms with Crippen LogP contribution >= 0.6 is 11.3 Å². The van der Waals surface area contributed by atoms with E-state index < -0.39 is 17.5 Å². The van der Waals surface area contributed by atoms with Crippen LogP contribution in [0.5, 0.6) is 0 Å². The van der Waals surface area contributed by atoms with E-state index in [0.29, 0.717) is 29.7 Å². The Kier molecular flexibility index (Phi) is 4.38. The number of carbonyl (C=O) groups is 1. The Labute approximate surface area is 157 Å². The fourth-order valence-corrected chi connectivity index (χ4v) is 3.88. The van der Waals surface area contributed by atoms with Gasteiger partial charge >= 0.3 is 5.97 Å². The molecule has 0 amide bonds. The van der Waals surface area contributed by atoms with Crippen molar-refractivity contribution in [3.05, 3.63) is 45.7 Å². The highest BCUT2D eigenvalue weighted by Gasteiger charge is 2.31. The number of likely N-dealkylation sites (N-methyl/N-ethyl adjacent to an activating group) is 1. The number of aliphatic hydroxyl groups is 1. The van der Waals surface area contributed by atoms with E-state index in [-0.39, 0.29) is 17.0 Å². The van der Waals surface area contributed by atoms with Gasteiger partial charge < -0.3 is 20.4 Å². The lowest BCUT2D eigenvalue weighted by molar-refractivity contribution is 0.0695. The number of hydrogen-bond donors (Lipinski definition) is 3. The van der Waals surface area contributed by atoms with Gasteiger partial charge in [0, 0.05) is 30.9 Å². The van der Waals surface area contributed by atoms with E-state index in [1.807, 2.05) is 4.90 Å². The number of carboxylic acid groups (broad SMARTS) is 1. The number of nitrogens with zero attached hydrogens (tertiary/aromatic N) is 4. The first-order valence-electron chi connectivity index (χ1n) is 8.29. The highest BCUT2D eigenvalue weighted by atomic mass is 32.1. The Balaban J connectivity index is 1.90. The van der Waals surface area contributed by atoms with Crippen LogP contribution in [0, 0.1) is 0 Å². The number of aromatic carboxylic acids is 1. The highest BCUT2D eigenvalue weighted by molar-refractivity contribution is 7.12. The molecule has 0 spiro atoms. The third-order valence-electron chi connectivity index (χ3n) is 4.68. The second-order valence-electron chi connectivity index (χ2n) is 6.27. The highest BCUT2D eigenvalue weighted by Crippen LogP contribution is 2.24. The summed E-state index contributed by atoms with van der Waals surface area (Å²) in [4.78, 5) is 34.8. The Bertz CT molecular complexity index is 1070. The molecule has 0 bridgehead atoms. The molecule has 2 unspecified atom stereocenters. The van der Waals surface area contributed by atoms with Gasteiger partial charge in [0.2, 0.25) is 5.43 Å². The van der Waals surface area contributed by atoms with Crippen LogP contribution in [0.15, 0.2) is 34.7 Å². The van der Waals surface area contributed by atoms with Gasteiger partial charge in [0.15, 0.2) is 10.8 Å². The van der Waals surface area contributed by atoms with Crippen molar-refractivity contribution < 1.29 is 15.0 Å². The average molecular weight is 387 g/mol. The van der Waals surface area contributed by atoms with E-state index in [4.69, 9.17) is 0 Å². The van der Waals surface area contributed by atoms with Gasteiger partial charge in [-0.1, -0.05) is 0 Å². The van der Waals surface area contributed by atoms with Crippen LogP contribution in [0.2, 0.25) is 0 Å². The SMILES string of the molecule is CNC1CN(c2ccc3c(=O)c(C(=O)O)cn(-c4nccs4)c3n2)CC1O. The number of aromatic nitrogens is 3. The Morgan fingerprint density at radius 1 is 1.37 bits per heavy atom. The first kappa shape index (κ1) is 17.6. The van der Waals surface area contributed by atoms with Crippen LogP contribution < -0.4 is 15.6 Å². The van der Waals surface area contributed by atoms with Gasteiger partial charge in [-0.15, -0.1) is 11.3 Å². The molecule has 1 saturated heterocycles. The Morgan fingerprint density at radius 3 is 2.81 bits per heavy atom. The maximum absolute atomic E-state index is 12.6. The molecule has 4 rings (SSSR count). The number of rotatable bonds is 4. The molecule has 9 nitrogen and oxygen atoms in total. The van der Waals surface area contributed by atoms with Gasteiger partial charge in [0.05, 0.1) is 17.5 Å². The topological polar surface area (TPSA) is 121 Å². The largest absolute Gasteiger partial charge is 0.477 e. The number of carboxylic acids is 1. The number of anilines is 1. The molecular formula is C17H17N5O4S. The molecule has 2 atom stereocenters. The Hall–Kier alpha value is -2.82. The molecule has 27 heavy (non-hydrogen) atoms. The molecule has 4 heterocycles. The predicted octanol–water partition coefficient (Wildman–Crippen LogP) is 0.309. The molecule has 1 aliphatic heterocycles. The zero-order chi connectivity index (χ0) is 19.1. The zero-order valence-corrected chi connectivity index (χ0v) is 15.2. The first-order chi connectivity index (χ1) is 13.0. The fraction of sp³-hybridized carbons (Fsp3) is 0.294. The molecule has 0 radical (unpaired) electrons. The van der Waals surface area contributed by atoms with Gasteiger partial charge in [0.1, 0.15) is 11.4 Å². The van der Waals surface area contributed by atoms with Crippen LogP contribution in [0.1, 0.15) is 10.4 Å². The van der Waals surface area contributed by atoms with Crippen LogP contribution in [0.25, 0.3) is 16.2 Å². The third-order valence-corrected chi connectivity index (χ3v) is 5.45. The fourth-order valence-electron chi connectivity index (χ4n) is 3.26. The normalized spacial score (nSPS) is 19.7.